The first-order valence-corrected chi connectivity index (χ1v) is 14.1. The highest BCUT2D eigenvalue weighted by atomic mass is 19.1. The number of rotatable bonds is 11. The third-order valence-electron chi connectivity index (χ3n) is 6.83. The summed E-state index contributed by atoms with van der Waals surface area (Å²) in [6, 6.07) is 12.4. The summed E-state index contributed by atoms with van der Waals surface area (Å²) in [7, 11) is 1.91. The van der Waals surface area contributed by atoms with Gasteiger partial charge in [0.25, 0.3) is 0 Å². The molecule has 2 aromatic carbocycles. The first-order chi connectivity index (χ1) is 20.5. The van der Waals surface area contributed by atoms with E-state index in [0.717, 1.165) is 79.2 Å². The summed E-state index contributed by atoms with van der Waals surface area (Å²) in [4.78, 5) is 17.1. The number of pyridine rings is 1. The number of carbonyl (C=O) groups excluding carboxylic acids is 1. The van der Waals surface area contributed by atoms with Gasteiger partial charge < -0.3 is 24.1 Å². The number of benzene rings is 2. The van der Waals surface area contributed by atoms with Crippen LogP contribution in [0.25, 0.3) is 21.8 Å². The zero-order valence-electron chi connectivity index (χ0n) is 24.1. The van der Waals surface area contributed by atoms with Crippen LogP contribution in [-0.4, -0.2) is 86.2 Å². The van der Waals surface area contributed by atoms with Gasteiger partial charge in [-0.2, -0.15) is 0 Å². The van der Waals surface area contributed by atoms with Gasteiger partial charge in [0.15, 0.2) is 0 Å². The van der Waals surface area contributed by atoms with Gasteiger partial charge in [0.2, 0.25) is 0 Å². The zero-order valence-corrected chi connectivity index (χ0v) is 24.1. The van der Waals surface area contributed by atoms with Crippen molar-refractivity contribution in [2.75, 3.05) is 59.7 Å². The topological polar surface area (TPSA) is 102 Å². The first-order valence-electron chi connectivity index (χ1n) is 14.1. The average Bonchev–Trinajstić information content (AvgIpc) is 3.34. The minimum Gasteiger partial charge on any atom is -0.493 e. The standard InChI is InChI=1S/C19H27N3O3.C13H11FN2O/c1-20-7-12-25-19-5-6-21-18-15-16(3-4-17(18)19)24-11-2-8-22-9-13-23-14-10-22;1-9-8-16(13(15)3-2-6-17)12-7-10(14)4-5-11(9)12/h3-6,15,20H,2,7-14H2,1H3;2-8,15H,1H3/b;3-2-,15-13?. The summed E-state index contributed by atoms with van der Waals surface area (Å²) >= 11 is 0. The molecule has 0 aliphatic carbocycles. The molecule has 1 saturated heterocycles. The maximum atomic E-state index is 13.2. The van der Waals surface area contributed by atoms with Crippen molar-refractivity contribution in [2.24, 2.45) is 0 Å². The van der Waals surface area contributed by atoms with Gasteiger partial charge in [0, 0.05) is 55.4 Å². The van der Waals surface area contributed by atoms with Gasteiger partial charge in [0.1, 0.15) is 36.0 Å². The molecule has 0 unspecified atom stereocenters. The fraction of sp³-hybridized carbons (Fsp3) is 0.344. The van der Waals surface area contributed by atoms with Crippen LogP contribution < -0.4 is 14.8 Å². The Bertz CT molecular complexity index is 1510. The Morgan fingerprint density at radius 1 is 1.12 bits per heavy atom. The van der Waals surface area contributed by atoms with Crippen molar-refractivity contribution in [1.82, 2.24) is 19.8 Å². The number of morpholine rings is 1. The molecule has 10 heteroatoms. The molecule has 5 rings (SSSR count). The van der Waals surface area contributed by atoms with Gasteiger partial charge in [-0.05, 0) is 74.5 Å². The molecule has 1 aliphatic rings. The Morgan fingerprint density at radius 3 is 2.71 bits per heavy atom. The number of hydrogen-bond donors (Lipinski definition) is 2. The van der Waals surface area contributed by atoms with E-state index in [0.29, 0.717) is 25.0 Å². The number of nitrogens with zero attached hydrogens (tertiary/aromatic N) is 3. The van der Waals surface area contributed by atoms with Crippen molar-refractivity contribution < 1.29 is 23.4 Å². The third kappa shape index (κ3) is 8.45. The van der Waals surface area contributed by atoms with Gasteiger partial charge in [-0.1, -0.05) is 0 Å². The first kappa shape index (κ1) is 30.8. The molecule has 1 fully saturated rings. The van der Waals surface area contributed by atoms with Crippen LogP contribution in [-0.2, 0) is 9.53 Å². The van der Waals surface area contributed by atoms with Crippen LogP contribution in [0.1, 0.15) is 12.0 Å². The van der Waals surface area contributed by atoms with Crippen molar-refractivity contribution in [3.05, 3.63) is 78.4 Å². The predicted octanol–water partition coefficient (Wildman–Crippen LogP) is 4.60. The number of nitrogens with one attached hydrogen (secondary N) is 2. The van der Waals surface area contributed by atoms with E-state index in [1.807, 2.05) is 38.2 Å². The van der Waals surface area contributed by atoms with Crippen molar-refractivity contribution in [3.63, 3.8) is 0 Å². The van der Waals surface area contributed by atoms with E-state index in [4.69, 9.17) is 19.6 Å². The van der Waals surface area contributed by atoms with Crippen LogP contribution in [0.3, 0.4) is 0 Å². The van der Waals surface area contributed by atoms with Gasteiger partial charge >= 0.3 is 0 Å². The highest BCUT2D eigenvalue weighted by molar-refractivity contribution is 6.02. The minimum absolute atomic E-state index is 0.126. The van der Waals surface area contributed by atoms with E-state index in [2.05, 4.69) is 15.2 Å². The maximum absolute atomic E-state index is 13.2. The van der Waals surface area contributed by atoms with Gasteiger partial charge in [-0.25, -0.2) is 4.39 Å². The molecule has 0 radical (unpaired) electrons. The normalized spacial score (nSPS) is 13.7. The van der Waals surface area contributed by atoms with Gasteiger partial charge in [-0.15, -0.1) is 0 Å². The SMILES string of the molecule is CNCCOc1ccnc2cc(OCCCN3CCOCC3)ccc12.Cc1cn(C(=N)/C=C\C=O)c2cc(F)ccc12. The number of carbonyl (C=O) groups is 1. The second-order valence-electron chi connectivity index (χ2n) is 9.82. The molecule has 1 aliphatic heterocycles. The highest BCUT2D eigenvalue weighted by Gasteiger charge is 2.10. The van der Waals surface area contributed by atoms with Crippen molar-refractivity contribution in [3.8, 4) is 11.5 Å². The van der Waals surface area contributed by atoms with Crippen LogP contribution in [0.2, 0.25) is 0 Å². The lowest BCUT2D eigenvalue weighted by Gasteiger charge is -2.26. The third-order valence-corrected chi connectivity index (χ3v) is 6.83. The molecular weight excluding hydrogens is 537 g/mol. The molecule has 2 aromatic heterocycles. The fourth-order valence-corrected chi connectivity index (χ4v) is 4.66. The van der Waals surface area contributed by atoms with Gasteiger partial charge in [0.05, 0.1) is 30.9 Å². The average molecular weight is 576 g/mol. The summed E-state index contributed by atoms with van der Waals surface area (Å²) < 4.78 is 31.8. The summed E-state index contributed by atoms with van der Waals surface area (Å²) in [5.74, 6) is 1.50. The summed E-state index contributed by atoms with van der Waals surface area (Å²) in [6.07, 6.45) is 7.76. The van der Waals surface area contributed by atoms with E-state index in [1.54, 1.807) is 23.0 Å². The molecule has 3 heterocycles. The van der Waals surface area contributed by atoms with E-state index < -0.39 is 0 Å². The predicted molar refractivity (Wildman–Crippen MR) is 163 cm³/mol. The zero-order chi connectivity index (χ0) is 29.7. The fourth-order valence-electron chi connectivity index (χ4n) is 4.66. The molecule has 222 valence electrons. The van der Waals surface area contributed by atoms with E-state index in [9.17, 15) is 9.18 Å². The number of allylic oxidation sites excluding steroid dienone is 2. The smallest absolute Gasteiger partial charge is 0.142 e. The summed E-state index contributed by atoms with van der Waals surface area (Å²) in [5, 5.41) is 12.8. The number of likely N-dealkylation sites (N-methyl/N-ethyl adjacent to an activating group) is 1. The number of fused-ring (bicyclic) bond motifs is 2. The molecule has 2 N–H and O–H groups in total. The van der Waals surface area contributed by atoms with E-state index in [1.165, 1.54) is 24.3 Å². The molecule has 0 bridgehead atoms. The minimum atomic E-state index is -0.344. The summed E-state index contributed by atoms with van der Waals surface area (Å²) in [6.45, 7) is 8.84. The van der Waals surface area contributed by atoms with Crippen molar-refractivity contribution >= 4 is 33.9 Å². The quantitative estimate of drug-likeness (QED) is 0.0886. The van der Waals surface area contributed by atoms with Crippen LogP contribution in [0.5, 0.6) is 11.5 Å². The second-order valence-corrected chi connectivity index (χ2v) is 9.82. The Hall–Kier alpha value is -4.12. The van der Waals surface area contributed by atoms with Gasteiger partial charge in [-0.3, -0.25) is 20.1 Å². The lowest BCUT2D eigenvalue weighted by Crippen LogP contribution is -2.37. The molecule has 0 amide bonds. The van der Waals surface area contributed by atoms with E-state index in [-0.39, 0.29) is 11.7 Å². The van der Waals surface area contributed by atoms with Crippen molar-refractivity contribution in [1.29, 1.82) is 5.41 Å². The number of ether oxygens (including phenoxy) is 3. The molecule has 0 saturated carbocycles. The number of aldehydes is 1. The number of aromatic nitrogens is 2. The Balaban J connectivity index is 0.000000208. The lowest BCUT2D eigenvalue weighted by molar-refractivity contribution is -0.104. The van der Waals surface area contributed by atoms with Crippen LogP contribution in [0.15, 0.2) is 67.0 Å². The number of hydrogen-bond acceptors (Lipinski definition) is 8. The molecular formula is C32H38FN5O4. The maximum Gasteiger partial charge on any atom is 0.142 e. The Labute approximate surface area is 245 Å². The molecule has 42 heavy (non-hydrogen) atoms. The molecule has 0 spiro atoms. The number of halogens is 1. The Kier molecular flexibility index (Phi) is 11.6. The Morgan fingerprint density at radius 2 is 1.93 bits per heavy atom. The largest absolute Gasteiger partial charge is 0.493 e. The molecule has 4 aromatic rings. The van der Waals surface area contributed by atoms with Crippen molar-refractivity contribution in [2.45, 2.75) is 13.3 Å². The summed E-state index contributed by atoms with van der Waals surface area (Å²) in [5.41, 5.74) is 2.49. The van der Waals surface area contributed by atoms with E-state index >= 15 is 0 Å². The van der Waals surface area contributed by atoms with Crippen LogP contribution >= 0.6 is 0 Å². The van der Waals surface area contributed by atoms with Crippen LogP contribution in [0.4, 0.5) is 4.39 Å². The highest BCUT2D eigenvalue weighted by Crippen LogP contribution is 2.27. The second kappa shape index (κ2) is 15.8. The lowest BCUT2D eigenvalue weighted by atomic mass is 10.2. The van der Waals surface area contributed by atoms with Crippen LogP contribution in [0, 0.1) is 18.2 Å². The number of aryl methyl sites for hydroxylation is 1. The molecule has 0 atom stereocenters. The molecule has 9 nitrogen and oxygen atoms in total. The monoisotopic (exact) mass is 575 g/mol.